The Bertz CT molecular complexity index is 423. The van der Waals surface area contributed by atoms with Crippen LogP contribution < -0.4 is 5.32 Å². The highest BCUT2D eigenvalue weighted by Crippen LogP contribution is 2.18. The van der Waals surface area contributed by atoms with Gasteiger partial charge in [-0.15, -0.1) is 0 Å². The normalized spacial score (nSPS) is 10.1. The van der Waals surface area contributed by atoms with E-state index in [0.29, 0.717) is 0 Å². The lowest BCUT2D eigenvalue weighted by Gasteiger charge is -2.04. The third kappa shape index (κ3) is 1.96. The lowest BCUT2D eigenvalue weighted by molar-refractivity contribution is 1.17. The average Bonchev–Trinajstić information content (AvgIpc) is 2.64. The molecule has 0 atom stereocenters. The minimum absolute atomic E-state index is 0.841. The van der Waals surface area contributed by atoms with Gasteiger partial charge in [0, 0.05) is 10.7 Å². The Balaban J connectivity index is 2.22. The van der Waals surface area contributed by atoms with Gasteiger partial charge in [0.25, 0.3) is 0 Å². The number of nitrogens with zero attached hydrogens (tertiary/aromatic N) is 1. The largest absolute Gasteiger partial charge is 0.348 e. The van der Waals surface area contributed by atoms with Crippen molar-refractivity contribution in [1.29, 1.82) is 0 Å². The van der Waals surface area contributed by atoms with Crippen LogP contribution in [0.3, 0.4) is 0 Å². The van der Waals surface area contributed by atoms with Gasteiger partial charge in [-0.05, 0) is 47.1 Å². The zero-order valence-electron chi connectivity index (χ0n) is 7.71. The zero-order chi connectivity index (χ0) is 9.97. The van der Waals surface area contributed by atoms with E-state index in [1.807, 2.05) is 37.4 Å². The van der Waals surface area contributed by atoms with Crippen LogP contribution >= 0.6 is 15.9 Å². The second-order valence-corrected chi connectivity index (χ2v) is 3.83. The van der Waals surface area contributed by atoms with Crippen molar-refractivity contribution in [3.05, 3.63) is 40.6 Å². The highest BCUT2D eigenvalue weighted by molar-refractivity contribution is 9.10. The standard InChI is InChI=1S/C10H10BrN3/c1-7-8(11)4-5-10(13-7)14-9-3-2-6-12-9/h2-6,12H,1H3,(H,13,14). The van der Waals surface area contributed by atoms with E-state index < -0.39 is 0 Å². The molecule has 72 valence electrons. The van der Waals surface area contributed by atoms with E-state index in [9.17, 15) is 0 Å². The van der Waals surface area contributed by atoms with Crippen LogP contribution in [0.1, 0.15) is 5.69 Å². The number of aromatic nitrogens is 2. The summed E-state index contributed by atoms with van der Waals surface area (Å²) in [4.78, 5) is 7.43. The van der Waals surface area contributed by atoms with E-state index in [0.717, 1.165) is 21.8 Å². The molecule has 2 aromatic rings. The molecule has 14 heavy (non-hydrogen) atoms. The summed E-state index contributed by atoms with van der Waals surface area (Å²) < 4.78 is 1.02. The van der Waals surface area contributed by atoms with Crippen molar-refractivity contribution in [1.82, 2.24) is 9.97 Å². The Morgan fingerprint density at radius 1 is 1.36 bits per heavy atom. The SMILES string of the molecule is Cc1nc(Nc2ccc[nH]2)ccc1Br. The number of aromatic amines is 1. The Morgan fingerprint density at radius 2 is 2.21 bits per heavy atom. The number of pyridine rings is 1. The molecule has 0 aliphatic rings. The fourth-order valence-electron chi connectivity index (χ4n) is 1.16. The van der Waals surface area contributed by atoms with Crippen LogP contribution in [-0.2, 0) is 0 Å². The molecule has 0 amide bonds. The van der Waals surface area contributed by atoms with Crippen LogP contribution in [-0.4, -0.2) is 9.97 Å². The number of anilines is 2. The van der Waals surface area contributed by atoms with Crippen molar-refractivity contribution in [2.45, 2.75) is 6.92 Å². The van der Waals surface area contributed by atoms with Gasteiger partial charge in [0.15, 0.2) is 0 Å². The van der Waals surface area contributed by atoms with E-state index >= 15 is 0 Å². The average molecular weight is 252 g/mol. The van der Waals surface area contributed by atoms with Gasteiger partial charge in [0.1, 0.15) is 11.6 Å². The van der Waals surface area contributed by atoms with Gasteiger partial charge >= 0.3 is 0 Å². The smallest absolute Gasteiger partial charge is 0.131 e. The Kier molecular flexibility index (Phi) is 2.54. The molecule has 0 bridgehead atoms. The lowest BCUT2D eigenvalue weighted by Crippen LogP contribution is -1.95. The van der Waals surface area contributed by atoms with Crippen LogP contribution in [0.15, 0.2) is 34.9 Å². The van der Waals surface area contributed by atoms with Crippen molar-refractivity contribution >= 4 is 27.6 Å². The molecule has 0 aliphatic heterocycles. The van der Waals surface area contributed by atoms with E-state index in [1.54, 1.807) is 0 Å². The third-order valence-electron chi connectivity index (χ3n) is 1.88. The van der Waals surface area contributed by atoms with Crippen LogP contribution in [0.4, 0.5) is 11.6 Å². The molecular weight excluding hydrogens is 242 g/mol. The molecule has 3 nitrogen and oxygen atoms in total. The van der Waals surface area contributed by atoms with Crippen molar-refractivity contribution in [2.24, 2.45) is 0 Å². The second-order valence-electron chi connectivity index (χ2n) is 2.97. The molecule has 0 fully saturated rings. The van der Waals surface area contributed by atoms with Gasteiger partial charge in [0.2, 0.25) is 0 Å². The number of hydrogen-bond donors (Lipinski definition) is 2. The summed E-state index contributed by atoms with van der Waals surface area (Å²) >= 11 is 3.41. The van der Waals surface area contributed by atoms with Gasteiger partial charge < -0.3 is 10.3 Å². The quantitative estimate of drug-likeness (QED) is 0.861. The van der Waals surface area contributed by atoms with Gasteiger partial charge in [-0.25, -0.2) is 4.98 Å². The zero-order valence-corrected chi connectivity index (χ0v) is 9.30. The van der Waals surface area contributed by atoms with Gasteiger partial charge in [-0.3, -0.25) is 0 Å². The summed E-state index contributed by atoms with van der Waals surface area (Å²) in [6.45, 7) is 1.96. The Hall–Kier alpha value is -1.29. The van der Waals surface area contributed by atoms with E-state index in [4.69, 9.17) is 0 Å². The van der Waals surface area contributed by atoms with Crippen LogP contribution in [0, 0.1) is 6.92 Å². The number of H-pyrrole nitrogens is 1. The maximum atomic E-state index is 4.37. The summed E-state index contributed by atoms with van der Waals surface area (Å²) in [5, 5.41) is 3.16. The summed E-state index contributed by atoms with van der Waals surface area (Å²) in [6.07, 6.45) is 1.87. The number of hydrogen-bond acceptors (Lipinski definition) is 2. The fraction of sp³-hybridized carbons (Fsp3) is 0.100. The van der Waals surface area contributed by atoms with Crippen LogP contribution in [0.25, 0.3) is 0 Å². The molecule has 0 saturated carbocycles. The monoisotopic (exact) mass is 251 g/mol. The Labute approximate surface area is 90.7 Å². The van der Waals surface area contributed by atoms with Gasteiger partial charge in [0.05, 0.1) is 5.69 Å². The molecule has 0 aromatic carbocycles. The van der Waals surface area contributed by atoms with Crippen molar-refractivity contribution in [3.63, 3.8) is 0 Å². The summed E-state index contributed by atoms with van der Waals surface area (Å²) in [5.41, 5.74) is 0.974. The third-order valence-corrected chi connectivity index (χ3v) is 2.72. The highest BCUT2D eigenvalue weighted by Gasteiger charge is 1.99. The topological polar surface area (TPSA) is 40.7 Å². The molecule has 0 radical (unpaired) electrons. The Morgan fingerprint density at radius 3 is 2.86 bits per heavy atom. The second kappa shape index (κ2) is 3.84. The summed E-state index contributed by atoms with van der Waals surface area (Å²) in [7, 11) is 0. The summed E-state index contributed by atoms with van der Waals surface area (Å²) in [5.74, 6) is 1.78. The van der Waals surface area contributed by atoms with E-state index in [2.05, 4.69) is 31.2 Å². The van der Waals surface area contributed by atoms with Crippen LogP contribution in [0.2, 0.25) is 0 Å². The molecule has 0 aliphatic carbocycles. The fourth-order valence-corrected chi connectivity index (χ4v) is 1.38. The molecule has 0 unspecified atom stereocenters. The van der Waals surface area contributed by atoms with Gasteiger partial charge in [-0.1, -0.05) is 0 Å². The first-order valence-electron chi connectivity index (χ1n) is 4.29. The van der Waals surface area contributed by atoms with Gasteiger partial charge in [-0.2, -0.15) is 0 Å². The first-order valence-corrected chi connectivity index (χ1v) is 5.08. The minimum Gasteiger partial charge on any atom is -0.348 e. The molecule has 0 spiro atoms. The first kappa shape index (κ1) is 9.27. The molecule has 2 heterocycles. The maximum Gasteiger partial charge on any atom is 0.131 e. The minimum atomic E-state index is 0.841. The lowest BCUT2D eigenvalue weighted by atomic mass is 10.4. The van der Waals surface area contributed by atoms with Crippen molar-refractivity contribution < 1.29 is 0 Å². The molecule has 0 saturated heterocycles. The van der Waals surface area contributed by atoms with Crippen molar-refractivity contribution in [2.75, 3.05) is 5.32 Å². The first-order chi connectivity index (χ1) is 6.75. The van der Waals surface area contributed by atoms with Crippen LogP contribution in [0.5, 0.6) is 0 Å². The predicted molar refractivity (Wildman–Crippen MR) is 60.7 cm³/mol. The maximum absolute atomic E-state index is 4.37. The number of aryl methyl sites for hydroxylation is 1. The van der Waals surface area contributed by atoms with E-state index in [1.165, 1.54) is 0 Å². The number of halogens is 1. The van der Waals surface area contributed by atoms with E-state index in [-0.39, 0.29) is 0 Å². The molecule has 2 N–H and O–H groups in total. The molecule has 4 heteroatoms. The molecule has 2 aromatic heterocycles. The van der Waals surface area contributed by atoms with Crippen molar-refractivity contribution in [3.8, 4) is 0 Å². The molecule has 2 rings (SSSR count). The molecular formula is C10H10BrN3. The summed E-state index contributed by atoms with van der Waals surface area (Å²) in [6, 6.07) is 7.80. The predicted octanol–water partition coefficient (Wildman–Crippen LogP) is 3.22. The number of nitrogens with one attached hydrogen (secondary N) is 2. The number of rotatable bonds is 2. The highest BCUT2D eigenvalue weighted by atomic mass is 79.9.